The molecule has 3 heterocycles. The number of ether oxygens (including phenoxy) is 3. The Balaban J connectivity index is 1.25. The highest BCUT2D eigenvalue weighted by atomic mass is 16.5. The third-order valence-electron chi connectivity index (χ3n) is 8.10. The molecule has 0 bridgehead atoms. The molecule has 7 aromatic rings. The van der Waals surface area contributed by atoms with Gasteiger partial charge >= 0.3 is 0 Å². The Hall–Kier alpha value is -5.56. The lowest BCUT2D eigenvalue weighted by Gasteiger charge is -2.20. The zero-order chi connectivity index (χ0) is 31.1. The molecule has 0 aliphatic rings. The van der Waals surface area contributed by atoms with Gasteiger partial charge in [0.1, 0.15) is 28.8 Å². The van der Waals surface area contributed by atoms with E-state index in [-0.39, 0.29) is 5.41 Å². The highest BCUT2D eigenvalue weighted by Crippen LogP contribution is 2.39. The molecule has 0 spiro atoms. The lowest BCUT2D eigenvalue weighted by Crippen LogP contribution is -2.12. The van der Waals surface area contributed by atoms with E-state index in [9.17, 15) is 0 Å². The second kappa shape index (κ2) is 11.2. The number of aromatic nitrogens is 4. The van der Waals surface area contributed by atoms with Crippen molar-refractivity contribution in [1.82, 2.24) is 19.3 Å². The van der Waals surface area contributed by atoms with E-state index in [0.717, 1.165) is 56.3 Å². The van der Waals surface area contributed by atoms with Crippen LogP contribution in [0.25, 0.3) is 44.4 Å². The van der Waals surface area contributed by atoms with E-state index >= 15 is 0 Å². The van der Waals surface area contributed by atoms with Gasteiger partial charge in [-0.15, -0.1) is 0 Å². The normalized spacial score (nSPS) is 11.7. The highest BCUT2D eigenvalue weighted by Gasteiger charge is 2.19. The van der Waals surface area contributed by atoms with E-state index in [1.165, 1.54) is 10.9 Å². The van der Waals surface area contributed by atoms with Crippen LogP contribution in [0, 0.1) is 0 Å². The molecule has 0 aliphatic carbocycles. The van der Waals surface area contributed by atoms with Gasteiger partial charge in [0.25, 0.3) is 0 Å². The third kappa shape index (κ3) is 5.16. The topological polar surface area (TPSA) is 63.3 Å². The lowest BCUT2D eigenvalue weighted by molar-refractivity contribution is 0.397. The second-order valence-electron chi connectivity index (χ2n) is 12.0. The number of rotatable bonds is 7. The van der Waals surface area contributed by atoms with Gasteiger partial charge in [-0.2, -0.15) is 5.10 Å². The van der Waals surface area contributed by atoms with Gasteiger partial charge < -0.3 is 14.2 Å². The predicted octanol–water partition coefficient (Wildman–Crippen LogP) is 9.14. The molecule has 0 fully saturated rings. The van der Waals surface area contributed by atoms with Gasteiger partial charge in [-0.25, -0.2) is 9.67 Å². The van der Waals surface area contributed by atoms with E-state index in [2.05, 4.69) is 79.0 Å². The van der Waals surface area contributed by atoms with Crippen molar-refractivity contribution in [3.05, 3.63) is 121 Å². The summed E-state index contributed by atoms with van der Waals surface area (Å²) in [7, 11) is 3.31. The van der Waals surface area contributed by atoms with Crippen molar-refractivity contribution in [1.29, 1.82) is 0 Å². The van der Waals surface area contributed by atoms with Crippen LogP contribution in [0.2, 0.25) is 0 Å². The second-order valence-corrected chi connectivity index (χ2v) is 12.0. The minimum atomic E-state index is 0.00428. The Morgan fingerprint density at radius 3 is 2.20 bits per heavy atom. The van der Waals surface area contributed by atoms with E-state index in [1.807, 2.05) is 71.8 Å². The van der Waals surface area contributed by atoms with E-state index < -0.39 is 0 Å². The molecule has 224 valence electrons. The Labute approximate surface area is 262 Å². The summed E-state index contributed by atoms with van der Waals surface area (Å²) in [6.07, 6.45) is 5.67. The molecule has 7 rings (SSSR count). The van der Waals surface area contributed by atoms with Crippen molar-refractivity contribution in [3.8, 4) is 45.6 Å². The van der Waals surface area contributed by atoms with Gasteiger partial charge in [-0.05, 0) is 65.6 Å². The van der Waals surface area contributed by atoms with E-state index in [1.54, 1.807) is 14.2 Å². The molecule has 3 aromatic heterocycles. The number of nitrogens with zero attached hydrogens (tertiary/aromatic N) is 4. The fraction of sp³-hybridized carbons (Fsp3) is 0.158. The van der Waals surface area contributed by atoms with E-state index in [0.29, 0.717) is 5.75 Å². The van der Waals surface area contributed by atoms with Crippen molar-refractivity contribution >= 4 is 21.8 Å². The maximum atomic E-state index is 6.46. The monoisotopic (exact) mass is 594 g/mol. The van der Waals surface area contributed by atoms with Crippen LogP contribution in [-0.2, 0) is 5.41 Å². The van der Waals surface area contributed by atoms with Crippen molar-refractivity contribution in [3.63, 3.8) is 0 Å². The SMILES string of the molecule is COc1cccc(OC)c1-c1cnn(-c2cccc(Oc3ccc4c5ccccc5n(-c5cc(C(C)(C)C)ccn5)c4c3)c2)c1. The molecule has 0 aliphatic heterocycles. The summed E-state index contributed by atoms with van der Waals surface area (Å²) < 4.78 is 21.7. The molecule has 4 aromatic carbocycles. The molecule has 7 heteroatoms. The molecule has 0 radical (unpaired) electrons. The molecular weight excluding hydrogens is 560 g/mol. The molecule has 0 saturated heterocycles. The molecule has 0 amide bonds. The first kappa shape index (κ1) is 28.2. The Morgan fingerprint density at radius 1 is 0.689 bits per heavy atom. The van der Waals surface area contributed by atoms with Crippen LogP contribution in [0.3, 0.4) is 0 Å². The van der Waals surface area contributed by atoms with Crippen LogP contribution in [0.1, 0.15) is 26.3 Å². The average Bonchev–Trinajstić information content (AvgIpc) is 3.67. The summed E-state index contributed by atoms with van der Waals surface area (Å²) in [4.78, 5) is 4.80. The van der Waals surface area contributed by atoms with Crippen molar-refractivity contribution in [2.75, 3.05) is 14.2 Å². The van der Waals surface area contributed by atoms with Gasteiger partial charge in [-0.1, -0.05) is 51.1 Å². The maximum absolute atomic E-state index is 6.46. The lowest BCUT2D eigenvalue weighted by atomic mass is 9.88. The first-order valence-corrected chi connectivity index (χ1v) is 14.9. The molecule has 0 N–H and O–H groups in total. The highest BCUT2D eigenvalue weighted by molar-refractivity contribution is 6.09. The van der Waals surface area contributed by atoms with Gasteiger partial charge in [-0.3, -0.25) is 4.57 Å². The number of para-hydroxylation sites is 1. The fourth-order valence-corrected chi connectivity index (χ4v) is 5.82. The summed E-state index contributed by atoms with van der Waals surface area (Å²) in [5, 5.41) is 6.95. The summed E-state index contributed by atoms with van der Waals surface area (Å²) >= 11 is 0. The van der Waals surface area contributed by atoms with Gasteiger partial charge in [0.05, 0.1) is 42.7 Å². The van der Waals surface area contributed by atoms with Crippen LogP contribution >= 0.6 is 0 Å². The number of benzene rings is 4. The molecule has 7 nitrogen and oxygen atoms in total. The maximum Gasteiger partial charge on any atom is 0.137 e. The number of hydrogen-bond donors (Lipinski definition) is 0. The molecule has 0 unspecified atom stereocenters. The Morgan fingerprint density at radius 2 is 1.42 bits per heavy atom. The summed E-state index contributed by atoms with van der Waals surface area (Å²) in [5.74, 6) is 3.76. The van der Waals surface area contributed by atoms with Crippen LogP contribution in [-0.4, -0.2) is 33.6 Å². The van der Waals surface area contributed by atoms with Gasteiger partial charge in [0.15, 0.2) is 0 Å². The van der Waals surface area contributed by atoms with Crippen molar-refractivity contribution in [2.24, 2.45) is 0 Å². The van der Waals surface area contributed by atoms with Crippen LogP contribution in [0.4, 0.5) is 0 Å². The average molecular weight is 595 g/mol. The Kier molecular flexibility index (Phi) is 7.01. The number of methoxy groups -OCH3 is 2. The van der Waals surface area contributed by atoms with Crippen LogP contribution in [0.5, 0.6) is 23.0 Å². The first-order chi connectivity index (χ1) is 21.8. The van der Waals surface area contributed by atoms with E-state index in [4.69, 9.17) is 19.2 Å². The fourth-order valence-electron chi connectivity index (χ4n) is 5.82. The minimum Gasteiger partial charge on any atom is -0.496 e. The number of hydrogen-bond acceptors (Lipinski definition) is 5. The quantitative estimate of drug-likeness (QED) is 0.184. The van der Waals surface area contributed by atoms with Gasteiger partial charge in [0.2, 0.25) is 0 Å². The molecule has 0 atom stereocenters. The minimum absolute atomic E-state index is 0.00428. The molecule has 0 saturated carbocycles. The van der Waals surface area contributed by atoms with Gasteiger partial charge in [0, 0.05) is 40.9 Å². The largest absolute Gasteiger partial charge is 0.496 e. The Bertz CT molecular complexity index is 2150. The third-order valence-corrected chi connectivity index (χ3v) is 8.10. The predicted molar refractivity (Wildman–Crippen MR) is 179 cm³/mol. The number of fused-ring (bicyclic) bond motifs is 3. The zero-order valence-corrected chi connectivity index (χ0v) is 26.0. The first-order valence-electron chi connectivity index (χ1n) is 14.9. The summed E-state index contributed by atoms with van der Waals surface area (Å²) in [6.45, 7) is 6.66. The molecular formula is C38H34N4O3. The van der Waals surface area contributed by atoms with Crippen molar-refractivity contribution in [2.45, 2.75) is 26.2 Å². The van der Waals surface area contributed by atoms with Crippen LogP contribution in [0.15, 0.2) is 116 Å². The molecule has 45 heavy (non-hydrogen) atoms. The smallest absolute Gasteiger partial charge is 0.137 e. The van der Waals surface area contributed by atoms with Crippen LogP contribution < -0.4 is 14.2 Å². The number of pyridine rings is 1. The summed E-state index contributed by atoms with van der Waals surface area (Å²) in [5.41, 5.74) is 5.98. The van der Waals surface area contributed by atoms with Crippen molar-refractivity contribution < 1.29 is 14.2 Å². The standard InChI is InChI=1S/C38H34N4O3/c1-38(2,3)26-18-19-39-36(20-26)42-32-13-7-6-12-30(32)31-17-16-29(22-33(31)42)45-28-11-8-10-27(21-28)41-24-25(23-40-41)37-34(43-4)14-9-15-35(37)44-5/h6-24H,1-5H3. The summed E-state index contributed by atoms with van der Waals surface area (Å²) in [6, 6.07) is 32.6. The zero-order valence-electron chi connectivity index (χ0n) is 26.0.